The molecule has 2 aromatic heterocycles. The lowest BCUT2D eigenvalue weighted by atomic mass is 10.1. The third-order valence-corrected chi connectivity index (χ3v) is 5.90. The second-order valence-electron chi connectivity index (χ2n) is 6.25. The normalized spacial score (nSPS) is 11.7. The third-order valence-electron chi connectivity index (χ3n) is 4.17. The summed E-state index contributed by atoms with van der Waals surface area (Å²) >= 11 is 0. The molecule has 0 saturated heterocycles. The molecular formula is C18H19FN4O3S. The molecule has 27 heavy (non-hydrogen) atoms. The summed E-state index contributed by atoms with van der Waals surface area (Å²) < 4.78 is 39.1. The van der Waals surface area contributed by atoms with Crippen molar-refractivity contribution in [3.63, 3.8) is 0 Å². The average molecular weight is 390 g/mol. The first-order valence-electron chi connectivity index (χ1n) is 8.26. The largest absolute Gasteiger partial charge is 0.351 e. The predicted octanol–water partition coefficient (Wildman–Crippen LogP) is 1.93. The number of hydrogen-bond acceptors (Lipinski definition) is 5. The number of aryl methyl sites for hydroxylation is 3. The number of benzene rings is 1. The first-order valence-corrected chi connectivity index (χ1v) is 9.92. The Kier molecular flexibility index (Phi) is 4.97. The Morgan fingerprint density at radius 1 is 1.22 bits per heavy atom. The number of rotatable bonds is 5. The van der Waals surface area contributed by atoms with Crippen LogP contribution < -0.4 is 5.32 Å². The molecule has 0 saturated carbocycles. The number of carbonyl (C=O) groups is 1. The Morgan fingerprint density at radius 3 is 2.56 bits per heavy atom. The molecule has 142 valence electrons. The summed E-state index contributed by atoms with van der Waals surface area (Å²) in [6.45, 7) is 3.49. The maximum absolute atomic E-state index is 13.0. The standard InChI is InChI=1S/C18H19FN4O3S/c1-11-10-15(16-12(2)22-23(3)17(16)21-11)18(24)20-8-9-27(25,26)14-6-4-13(19)5-7-14/h4-7,10H,8-9H2,1-3H3,(H,20,24). The molecule has 0 unspecified atom stereocenters. The van der Waals surface area contributed by atoms with Crippen LogP contribution in [0.25, 0.3) is 11.0 Å². The van der Waals surface area contributed by atoms with Gasteiger partial charge in [0.2, 0.25) is 0 Å². The van der Waals surface area contributed by atoms with Gasteiger partial charge in [0.25, 0.3) is 5.91 Å². The number of sulfone groups is 1. The van der Waals surface area contributed by atoms with Gasteiger partial charge in [0.1, 0.15) is 5.82 Å². The summed E-state index contributed by atoms with van der Waals surface area (Å²) in [7, 11) is -1.87. The van der Waals surface area contributed by atoms with Gasteiger partial charge in [-0.05, 0) is 44.2 Å². The number of amides is 1. The molecule has 0 aliphatic rings. The summed E-state index contributed by atoms with van der Waals surface area (Å²) in [5.41, 5.74) is 2.33. The molecule has 2 heterocycles. The first-order chi connectivity index (χ1) is 12.7. The van der Waals surface area contributed by atoms with Crippen LogP contribution in [-0.4, -0.2) is 41.4 Å². The summed E-state index contributed by atoms with van der Waals surface area (Å²) in [5, 5.41) is 7.56. The van der Waals surface area contributed by atoms with Crippen LogP contribution in [0.15, 0.2) is 35.2 Å². The monoisotopic (exact) mass is 390 g/mol. The molecule has 0 atom stereocenters. The average Bonchev–Trinajstić information content (AvgIpc) is 2.88. The van der Waals surface area contributed by atoms with Gasteiger partial charge >= 0.3 is 0 Å². The van der Waals surface area contributed by atoms with Crippen molar-refractivity contribution in [2.75, 3.05) is 12.3 Å². The molecule has 0 aliphatic carbocycles. The summed E-state index contributed by atoms with van der Waals surface area (Å²) in [4.78, 5) is 17.0. The molecule has 1 aromatic carbocycles. The van der Waals surface area contributed by atoms with Gasteiger partial charge in [0.05, 0.1) is 27.3 Å². The zero-order valence-corrected chi connectivity index (χ0v) is 16.0. The van der Waals surface area contributed by atoms with Crippen LogP contribution in [0, 0.1) is 19.7 Å². The highest BCUT2D eigenvalue weighted by Crippen LogP contribution is 2.21. The van der Waals surface area contributed by atoms with Crippen LogP contribution in [0.3, 0.4) is 0 Å². The van der Waals surface area contributed by atoms with Gasteiger partial charge in [-0.2, -0.15) is 5.10 Å². The lowest BCUT2D eigenvalue weighted by Gasteiger charge is -2.09. The fraction of sp³-hybridized carbons (Fsp3) is 0.278. The molecule has 7 nitrogen and oxygen atoms in total. The number of halogens is 1. The van der Waals surface area contributed by atoms with Gasteiger partial charge in [-0.15, -0.1) is 0 Å². The van der Waals surface area contributed by atoms with Crippen molar-refractivity contribution >= 4 is 26.8 Å². The second-order valence-corrected chi connectivity index (χ2v) is 8.36. The van der Waals surface area contributed by atoms with Gasteiger partial charge in [0, 0.05) is 19.3 Å². The van der Waals surface area contributed by atoms with E-state index in [0.717, 1.165) is 12.1 Å². The number of fused-ring (bicyclic) bond motifs is 1. The van der Waals surface area contributed by atoms with E-state index in [-0.39, 0.29) is 17.2 Å². The van der Waals surface area contributed by atoms with E-state index in [4.69, 9.17) is 0 Å². The minimum atomic E-state index is -3.62. The fourth-order valence-electron chi connectivity index (χ4n) is 2.90. The van der Waals surface area contributed by atoms with E-state index in [1.54, 1.807) is 31.6 Å². The van der Waals surface area contributed by atoms with Crippen LogP contribution in [-0.2, 0) is 16.9 Å². The van der Waals surface area contributed by atoms with Crippen molar-refractivity contribution in [1.29, 1.82) is 0 Å². The third kappa shape index (κ3) is 3.82. The van der Waals surface area contributed by atoms with Crippen molar-refractivity contribution < 1.29 is 17.6 Å². The quantitative estimate of drug-likeness (QED) is 0.672. The highest BCUT2D eigenvalue weighted by molar-refractivity contribution is 7.91. The van der Waals surface area contributed by atoms with E-state index in [0.29, 0.717) is 28.0 Å². The smallest absolute Gasteiger partial charge is 0.252 e. The predicted molar refractivity (Wildman–Crippen MR) is 98.8 cm³/mol. The zero-order chi connectivity index (χ0) is 19.8. The number of nitrogens with one attached hydrogen (secondary N) is 1. The van der Waals surface area contributed by atoms with Crippen LogP contribution in [0.5, 0.6) is 0 Å². The number of pyridine rings is 1. The summed E-state index contributed by atoms with van der Waals surface area (Å²) in [5.74, 6) is -1.19. The van der Waals surface area contributed by atoms with Crippen LogP contribution in [0.1, 0.15) is 21.7 Å². The molecule has 9 heteroatoms. The number of aromatic nitrogens is 3. The molecule has 1 N–H and O–H groups in total. The van der Waals surface area contributed by atoms with Gasteiger partial charge in [0.15, 0.2) is 15.5 Å². The number of nitrogens with zero attached hydrogens (tertiary/aromatic N) is 3. The molecule has 3 aromatic rings. The highest BCUT2D eigenvalue weighted by atomic mass is 32.2. The first kappa shape index (κ1) is 19.0. The van der Waals surface area contributed by atoms with E-state index in [9.17, 15) is 17.6 Å². The molecule has 0 aliphatic heterocycles. The molecular weight excluding hydrogens is 371 g/mol. The topological polar surface area (TPSA) is 94.0 Å². The molecule has 0 radical (unpaired) electrons. The number of carbonyl (C=O) groups excluding carboxylic acids is 1. The Labute approximate surface area is 156 Å². The SMILES string of the molecule is Cc1cc(C(=O)NCCS(=O)(=O)c2ccc(F)cc2)c2c(C)nn(C)c2n1. The minimum Gasteiger partial charge on any atom is -0.351 e. The van der Waals surface area contributed by atoms with E-state index in [1.807, 2.05) is 0 Å². The lowest BCUT2D eigenvalue weighted by molar-refractivity contribution is 0.0957. The Morgan fingerprint density at radius 2 is 1.89 bits per heavy atom. The Hall–Kier alpha value is -2.81. The molecule has 1 amide bonds. The maximum atomic E-state index is 13.0. The van der Waals surface area contributed by atoms with Gasteiger partial charge in [-0.1, -0.05) is 0 Å². The Balaban J connectivity index is 1.77. The van der Waals surface area contributed by atoms with E-state index < -0.39 is 21.6 Å². The van der Waals surface area contributed by atoms with Crippen molar-refractivity contribution in [3.8, 4) is 0 Å². The zero-order valence-electron chi connectivity index (χ0n) is 15.2. The lowest BCUT2D eigenvalue weighted by Crippen LogP contribution is -2.29. The second kappa shape index (κ2) is 7.07. The van der Waals surface area contributed by atoms with Crippen molar-refractivity contribution in [1.82, 2.24) is 20.1 Å². The van der Waals surface area contributed by atoms with E-state index >= 15 is 0 Å². The minimum absolute atomic E-state index is 0.0170. The van der Waals surface area contributed by atoms with Gasteiger partial charge in [-0.3, -0.25) is 9.48 Å². The number of hydrogen-bond donors (Lipinski definition) is 1. The fourth-order valence-corrected chi connectivity index (χ4v) is 4.06. The molecule has 0 fully saturated rings. The van der Waals surface area contributed by atoms with E-state index in [1.165, 1.54) is 12.1 Å². The van der Waals surface area contributed by atoms with E-state index in [2.05, 4.69) is 15.4 Å². The molecule has 3 rings (SSSR count). The Bertz CT molecular complexity index is 1120. The van der Waals surface area contributed by atoms with Crippen molar-refractivity contribution in [2.24, 2.45) is 7.05 Å². The van der Waals surface area contributed by atoms with Crippen LogP contribution in [0.2, 0.25) is 0 Å². The highest BCUT2D eigenvalue weighted by Gasteiger charge is 2.19. The van der Waals surface area contributed by atoms with Crippen molar-refractivity contribution in [3.05, 3.63) is 53.1 Å². The van der Waals surface area contributed by atoms with Gasteiger partial charge in [-0.25, -0.2) is 17.8 Å². The van der Waals surface area contributed by atoms with Gasteiger partial charge < -0.3 is 5.32 Å². The van der Waals surface area contributed by atoms with Crippen LogP contribution in [0.4, 0.5) is 4.39 Å². The summed E-state index contributed by atoms with van der Waals surface area (Å²) in [6.07, 6.45) is 0. The van der Waals surface area contributed by atoms with Crippen LogP contribution >= 0.6 is 0 Å². The van der Waals surface area contributed by atoms with Crippen molar-refractivity contribution in [2.45, 2.75) is 18.7 Å². The maximum Gasteiger partial charge on any atom is 0.252 e. The molecule has 0 bridgehead atoms. The molecule has 0 spiro atoms. The summed E-state index contributed by atoms with van der Waals surface area (Å²) in [6, 6.07) is 6.25.